The van der Waals surface area contributed by atoms with E-state index in [2.05, 4.69) is 14.8 Å². The molecule has 20 heavy (non-hydrogen) atoms. The first kappa shape index (κ1) is 15.5. The summed E-state index contributed by atoms with van der Waals surface area (Å²) in [4.78, 5) is 22.7. The molecule has 1 N–H and O–H groups in total. The van der Waals surface area contributed by atoms with E-state index in [-0.39, 0.29) is 11.4 Å². The number of halogens is 1. The lowest BCUT2D eigenvalue weighted by molar-refractivity contribution is -0.138. The van der Waals surface area contributed by atoms with Crippen molar-refractivity contribution in [2.75, 3.05) is 26.6 Å². The van der Waals surface area contributed by atoms with Crippen molar-refractivity contribution in [1.29, 1.82) is 0 Å². The summed E-state index contributed by atoms with van der Waals surface area (Å²) in [6.07, 6.45) is 0.871. The van der Waals surface area contributed by atoms with Gasteiger partial charge in [-0.25, -0.2) is 14.0 Å². The molecule has 0 aliphatic heterocycles. The molecule has 0 fully saturated rings. The second-order valence-corrected chi connectivity index (χ2v) is 3.54. The maximum Gasteiger partial charge on any atom is 0.354 e. The summed E-state index contributed by atoms with van der Waals surface area (Å²) in [6, 6.07) is 4.00. The van der Waals surface area contributed by atoms with Crippen LogP contribution in [0.15, 0.2) is 30.0 Å². The first-order chi connectivity index (χ1) is 9.51. The molecule has 1 rings (SSSR count). The standard InChI is InChI=1S/C13H14FNO5/c1-18-8-4-5-10(9(14)6-8)15-11(13(17)20-3)7-12(16)19-2/h4-7,15H,1-3H3/b11-7+. The van der Waals surface area contributed by atoms with E-state index in [1.165, 1.54) is 19.2 Å². The average molecular weight is 283 g/mol. The summed E-state index contributed by atoms with van der Waals surface area (Å²) in [5.74, 6) is -1.92. The van der Waals surface area contributed by atoms with Gasteiger partial charge in [-0.1, -0.05) is 0 Å². The number of esters is 2. The Hall–Kier alpha value is -2.57. The largest absolute Gasteiger partial charge is 0.497 e. The topological polar surface area (TPSA) is 73.9 Å². The number of benzene rings is 1. The fraction of sp³-hybridized carbons (Fsp3) is 0.231. The van der Waals surface area contributed by atoms with Crippen LogP contribution in [0.1, 0.15) is 0 Å². The molecule has 0 radical (unpaired) electrons. The Morgan fingerprint density at radius 3 is 2.40 bits per heavy atom. The Kier molecular flexibility index (Phi) is 5.52. The predicted octanol–water partition coefficient (Wildman–Crippen LogP) is 1.48. The van der Waals surface area contributed by atoms with Crippen LogP contribution in [0.4, 0.5) is 10.1 Å². The molecule has 0 aliphatic carbocycles. The van der Waals surface area contributed by atoms with Crippen LogP contribution in [0.3, 0.4) is 0 Å². The van der Waals surface area contributed by atoms with E-state index in [1.807, 2.05) is 0 Å². The van der Waals surface area contributed by atoms with Crippen molar-refractivity contribution in [2.45, 2.75) is 0 Å². The van der Waals surface area contributed by atoms with Crippen molar-refractivity contribution in [3.05, 3.63) is 35.8 Å². The summed E-state index contributed by atoms with van der Waals surface area (Å²) < 4.78 is 27.5. The molecule has 1 aromatic carbocycles. The zero-order chi connectivity index (χ0) is 15.1. The van der Waals surface area contributed by atoms with Crippen molar-refractivity contribution in [3.8, 4) is 5.75 Å². The smallest absolute Gasteiger partial charge is 0.354 e. The van der Waals surface area contributed by atoms with Crippen molar-refractivity contribution in [2.24, 2.45) is 0 Å². The maximum absolute atomic E-state index is 13.7. The number of nitrogens with one attached hydrogen (secondary N) is 1. The van der Waals surface area contributed by atoms with Crippen LogP contribution < -0.4 is 10.1 Å². The van der Waals surface area contributed by atoms with Gasteiger partial charge in [0, 0.05) is 6.07 Å². The van der Waals surface area contributed by atoms with Crippen LogP contribution in [0, 0.1) is 5.82 Å². The van der Waals surface area contributed by atoms with Gasteiger partial charge in [0.2, 0.25) is 0 Å². The molecule has 108 valence electrons. The van der Waals surface area contributed by atoms with E-state index in [9.17, 15) is 14.0 Å². The number of rotatable bonds is 5. The zero-order valence-corrected chi connectivity index (χ0v) is 11.2. The highest BCUT2D eigenvalue weighted by Gasteiger charge is 2.15. The van der Waals surface area contributed by atoms with E-state index >= 15 is 0 Å². The first-order valence-electron chi connectivity index (χ1n) is 5.50. The molecule has 6 nitrogen and oxygen atoms in total. The fourth-order valence-corrected chi connectivity index (χ4v) is 1.30. The normalized spacial score (nSPS) is 10.7. The van der Waals surface area contributed by atoms with Gasteiger partial charge in [-0.15, -0.1) is 0 Å². The maximum atomic E-state index is 13.7. The van der Waals surface area contributed by atoms with Crippen LogP contribution in [0.25, 0.3) is 0 Å². The monoisotopic (exact) mass is 283 g/mol. The third-order valence-corrected chi connectivity index (χ3v) is 2.31. The number of hydrogen-bond donors (Lipinski definition) is 1. The second-order valence-electron chi connectivity index (χ2n) is 3.54. The van der Waals surface area contributed by atoms with Crippen LogP contribution in [0.2, 0.25) is 0 Å². The third-order valence-electron chi connectivity index (χ3n) is 2.31. The molecule has 0 atom stereocenters. The van der Waals surface area contributed by atoms with Gasteiger partial charge in [0.1, 0.15) is 17.3 Å². The van der Waals surface area contributed by atoms with E-state index in [4.69, 9.17) is 4.74 Å². The number of carbonyl (C=O) groups is 2. The minimum Gasteiger partial charge on any atom is -0.497 e. The molecular formula is C13H14FNO5. The van der Waals surface area contributed by atoms with Gasteiger partial charge in [-0.05, 0) is 12.1 Å². The van der Waals surface area contributed by atoms with E-state index in [0.29, 0.717) is 5.75 Å². The van der Waals surface area contributed by atoms with Gasteiger partial charge >= 0.3 is 11.9 Å². The SMILES string of the molecule is COC(=O)/C=C(/Nc1ccc(OC)cc1F)C(=O)OC. The van der Waals surface area contributed by atoms with E-state index in [1.54, 1.807) is 0 Å². The fourth-order valence-electron chi connectivity index (χ4n) is 1.30. The Balaban J connectivity index is 3.04. The van der Waals surface area contributed by atoms with Gasteiger partial charge in [0.05, 0.1) is 33.1 Å². The highest BCUT2D eigenvalue weighted by atomic mass is 19.1. The molecule has 0 spiro atoms. The molecule has 0 saturated heterocycles. The molecule has 1 aromatic rings. The average Bonchev–Trinajstić information content (AvgIpc) is 2.47. The van der Waals surface area contributed by atoms with E-state index < -0.39 is 17.8 Å². The molecule has 0 bridgehead atoms. The van der Waals surface area contributed by atoms with Crippen molar-refractivity contribution in [1.82, 2.24) is 0 Å². The summed E-state index contributed by atoms with van der Waals surface area (Å²) in [5.41, 5.74) is -0.255. The number of carbonyl (C=O) groups excluding carboxylic acids is 2. The second kappa shape index (κ2) is 7.13. The first-order valence-corrected chi connectivity index (χ1v) is 5.50. The van der Waals surface area contributed by atoms with Gasteiger partial charge in [0.15, 0.2) is 0 Å². The lowest BCUT2D eigenvalue weighted by Gasteiger charge is -2.10. The minimum atomic E-state index is -0.828. The Bertz CT molecular complexity index is 542. The number of anilines is 1. The van der Waals surface area contributed by atoms with Crippen molar-refractivity contribution < 1.29 is 28.2 Å². The molecular weight excluding hydrogens is 269 g/mol. The molecule has 0 heterocycles. The van der Waals surface area contributed by atoms with Crippen LogP contribution in [-0.4, -0.2) is 33.3 Å². The van der Waals surface area contributed by atoms with Crippen molar-refractivity contribution >= 4 is 17.6 Å². The van der Waals surface area contributed by atoms with Crippen molar-refractivity contribution in [3.63, 3.8) is 0 Å². The highest BCUT2D eigenvalue weighted by Crippen LogP contribution is 2.21. The molecule has 0 amide bonds. The summed E-state index contributed by atoms with van der Waals surface area (Å²) in [6.45, 7) is 0. The van der Waals surface area contributed by atoms with Crippen LogP contribution in [-0.2, 0) is 19.1 Å². The molecule has 0 unspecified atom stereocenters. The Morgan fingerprint density at radius 2 is 1.90 bits per heavy atom. The molecule has 0 saturated carbocycles. The molecule has 0 aliphatic rings. The lowest BCUT2D eigenvalue weighted by Crippen LogP contribution is -2.16. The van der Waals surface area contributed by atoms with E-state index in [0.717, 1.165) is 26.4 Å². The number of hydrogen-bond acceptors (Lipinski definition) is 6. The quantitative estimate of drug-likeness (QED) is 0.651. The zero-order valence-electron chi connectivity index (χ0n) is 11.2. The lowest BCUT2D eigenvalue weighted by atomic mass is 10.2. The van der Waals surface area contributed by atoms with Gasteiger partial charge in [0.25, 0.3) is 0 Å². The van der Waals surface area contributed by atoms with Gasteiger partial charge < -0.3 is 19.5 Å². The molecule has 7 heteroatoms. The Morgan fingerprint density at radius 1 is 1.20 bits per heavy atom. The molecule has 0 aromatic heterocycles. The summed E-state index contributed by atoms with van der Waals surface area (Å²) in [5, 5.41) is 2.47. The van der Waals surface area contributed by atoms with Gasteiger partial charge in [-0.2, -0.15) is 0 Å². The summed E-state index contributed by atoms with van der Waals surface area (Å²) in [7, 11) is 3.69. The minimum absolute atomic E-state index is 0.00801. The Labute approximate surface area is 115 Å². The number of ether oxygens (including phenoxy) is 3. The predicted molar refractivity (Wildman–Crippen MR) is 68.7 cm³/mol. The van der Waals surface area contributed by atoms with Crippen LogP contribution in [0.5, 0.6) is 5.75 Å². The summed E-state index contributed by atoms with van der Waals surface area (Å²) >= 11 is 0. The highest BCUT2D eigenvalue weighted by molar-refractivity contribution is 5.98. The number of methoxy groups -OCH3 is 3. The third kappa shape index (κ3) is 3.98. The van der Waals surface area contributed by atoms with Crippen LogP contribution >= 0.6 is 0 Å². The van der Waals surface area contributed by atoms with Gasteiger partial charge in [-0.3, -0.25) is 0 Å².